The summed E-state index contributed by atoms with van der Waals surface area (Å²) < 4.78 is 54.9. The number of hydrogen-bond donors (Lipinski definition) is 1. The summed E-state index contributed by atoms with van der Waals surface area (Å²) >= 11 is 5.79. The predicted octanol–water partition coefficient (Wildman–Crippen LogP) is 4.44. The van der Waals surface area contributed by atoms with Crippen molar-refractivity contribution in [1.29, 1.82) is 0 Å². The Morgan fingerprint density at radius 1 is 0.793 bits per heavy atom. The Morgan fingerprint density at radius 2 is 1.24 bits per heavy atom. The van der Waals surface area contributed by atoms with Gasteiger partial charge in [-0.2, -0.15) is 4.31 Å². The van der Waals surface area contributed by atoms with E-state index in [1.54, 1.807) is 0 Å². The zero-order valence-electron chi connectivity index (χ0n) is 17.0. The Balaban J connectivity index is 2.25. The molecular weight excluding hydrogens is 432 g/mol. The van der Waals surface area contributed by atoms with Gasteiger partial charge in [0.2, 0.25) is 10.0 Å². The van der Waals surface area contributed by atoms with Crippen LogP contribution in [0, 0.1) is 11.8 Å². The number of rotatable bonds is 9. The van der Waals surface area contributed by atoms with Crippen LogP contribution in [0.15, 0.2) is 58.3 Å². The topological polar surface area (TPSA) is 83.6 Å². The molecular formula is C20H27ClN2O4S2. The third kappa shape index (κ3) is 6.44. The molecule has 29 heavy (non-hydrogen) atoms. The molecule has 9 heteroatoms. The summed E-state index contributed by atoms with van der Waals surface area (Å²) in [6.07, 6.45) is 0. The average Bonchev–Trinajstić information content (AvgIpc) is 2.61. The van der Waals surface area contributed by atoms with Gasteiger partial charge in [-0.1, -0.05) is 39.3 Å². The first-order valence-corrected chi connectivity index (χ1v) is 12.6. The van der Waals surface area contributed by atoms with Crippen LogP contribution in [0.5, 0.6) is 0 Å². The molecule has 2 aromatic carbocycles. The highest BCUT2D eigenvalue weighted by Crippen LogP contribution is 2.23. The maximum Gasteiger partial charge on any atom is 0.261 e. The first-order chi connectivity index (χ1) is 13.4. The van der Waals surface area contributed by atoms with E-state index in [4.69, 9.17) is 11.6 Å². The first kappa shape index (κ1) is 23.7. The number of sulfonamides is 2. The lowest BCUT2D eigenvalue weighted by molar-refractivity contribution is 0.333. The minimum atomic E-state index is -3.80. The molecule has 2 aromatic rings. The maximum atomic E-state index is 13.0. The SMILES string of the molecule is CC(C)CN(CC(C)C)S(=O)(=O)c1ccc(NS(=O)(=O)c2ccc(Cl)cc2)cc1. The fourth-order valence-corrected chi connectivity index (χ4v) is 5.71. The van der Waals surface area contributed by atoms with Gasteiger partial charge in [-0.25, -0.2) is 16.8 Å². The van der Waals surface area contributed by atoms with Crippen molar-refractivity contribution in [1.82, 2.24) is 4.31 Å². The molecule has 0 unspecified atom stereocenters. The number of hydrogen-bond acceptors (Lipinski definition) is 4. The van der Waals surface area contributed by atoms with Crippen molar-refractivity contribution in [2.75, 3.05) is 17.8 Å². The first-order valence-electron chi connectivity index (χ1n) is 9.30. The molecule has 0 amide bonds. The molecule has 6 nitrogen and oxygen atoms in total. The maximum absolute atomic E-state index is 13.0. The standard InChI is InChI=1S/C20H27ClN2O4S2/c1-15(2)13-23(14-16(3)4)29(26,27)20-11-7-18(8-12-20)22-28(24,25)19-9-5-17(21)6-10-19/h5-12,15-16,22H,13-14H2,1-4H3. The highest BCUT2D eigenvalue weighted by Gasteiger charge is 2.26. The third-order valence-corrected chi connectivity index (χ3v) is 7.50. The van der Waals surface area contributed by atoms with Gasteiger partial charge in [0.25, 0.3) is 10.0 Å². The fraction of sp³-hybridized carbons (Fsp3) is 0.400. The normalized spacial score (nSPS) is 12.7. The number of nitrogens with one attached hydrogen (secondary N) is 1. The van der Waals surface area contributed by atoms with Crippen molar-refractivity contribution >= 4 is 37.3 Å². The molecule has 0 heterocycles. The number of nitrogens with zero attached hydrogens (tertiary/aromatic N) is 1. The van der Waals surface area contributed by atoms with Gasteiger partial charge >= 0.3 is 0 Å². The van der Waals surface area contributed by atoms with Gasteiger partial charge in [0.05, 0.1) is 9.79 Å². The molecule has 0 aliphatic heterocycles. The van der Waals surface area contributed by atoms with Gasteiger partial charge in [0.15, 0.2) is 0 Å². The lowest BCUT2D eigenvalue weighted by Gasteiger charge is -2.25. The molecule has 2 rings (SSSR count). The number of anilines is 1. The lowest BCUT2D eigenvalue weighted by atomic mass is 10.2. The second-order valence-electron chi connectivity index (χ2n) is 7.69. The Kier molecular flexibility index (Phi) is 7.73. The Morgan fingerprint density at radius 3 is 1.69 bits per heavy atom. The second kappa shape index (κ2) is 9.47. The molecule has 0 atom stereocenters. The summed E-state index contributed by atoms with van der Waals surface area (Å²) in [5, 5.41) is 0.436. The molecule has 1 N–H and O–H groups in total. The summed E-state index contributed by atoms with van der Waals surface area (Å²) in [7, 11) is -7.46. The van der Waals surface area contributed by atoms with Crippen molar-refractivity contribution in [3.63, 3.8) is 0 Å². The number of halogens is 1. The molecule has 0 aliphatic carbocycles. The van der Waals surface area contributed by atoms with Crippen LogP contribution in [-0.2, 0) is 20.0 Å². The molecule has 0 saturated carbocycles. The van der Waals surface area contributed by atoms with Crippen molar-refractivity contribution in [2.24, 2.45) is 11.8 Å². The van der Waals surface area contributed by atoms with Crippen LogP contribution < -0.4 is 4.72 Å². The van der Waals surface area contributed by atoms with Crippen LogP contribution in [0.3, 0.4) is 0 Å². The van der Waals surface area contributed by atoms with Crippen molar-refractivity contribution < 1.29 is 16.8 Å². The van der Waals surface area contributed by atoms with Crippen LogP contribution in [0.4, 0.5) is 5.69 Å². The van der Waals surface area contributed by atoms with Crippen molar-refractivity contribution in [3.8, 4) is 0 Å². The average molecular weight is 459 g/mol. The zero-order valence-corrected chi connectivity index (χ0v) is 19.4. The van der Waals surface area contributed by atoms with E-state index in [0.29, 0.717) is 18.1 Å². The minimum absolute atomic E-state index is 0.0682. The molecule has 0 saturated heterocycles. The zero-order chi connectivity index (χ0) is 21.8. The van der Waals surface area contributed by atoms with Crippen molar-refractivity contribution in [2.45, 2.75) is 37.5 Å². The summed E-state index contributed by atoms with van der Waals surface area (Å²) in [4.78, 5) is 0.201. The highest BCUT2D eigenvalue weighted by atomic mass is 35.5. The van der Waals surface area contributed by atoms with Crippen LogP contribution >= 0.6 is 11.6 Å². The Labute approximate surface area is 179 Å². The molecule has 0 radical (unpaired) electrons. The third-order valence-electron chi connectivity index (χ3n) is 4.01. The van der Waals surface area contributed by atoms with E-state index in [-0.39, 0.29) is 27.3 Å². The Bertz CT molecular complexity index is 1010. The van der Waals surface area contributed by atoms with Gasteiger partial charge in [-0.3, -0.25) is 4.72 Å². The van der Waals surface area contributed by atoms with E-state index < -0.39 is 20.0 Å². The van der Waals surface area contributed by atoms with Gasteiger partial charge in [-0.15, -0.1) is 0 Å². The minimum Gasteiger partial charge on any atom is -0.280 e. The van der Waals surface area contributed by atoms with Crippen LogP contribution in [0.1, 0.15) is 27.7 Å². The van der Waals surface area contributed by atoms with E-state index in [1.807, 2.05) is 27.7 Å². The van der Waals surface area contributed by atoms with Crippen LogP contribution in [0.2, 0.25) is 5.02 Å². The molecule has 0 spiro atoms. The van der Waals surface area contributed by atoms with Gasteiger partial charge < -0.3 is 0 Å². The largest absolute Gasteiger partial charge is 0.280 e. The monoisotopic (exact) mass is 458 g/mol. The highest BCUT2D eigenvalue weighted by molar-refractivity contribution is 7.92. The van der Waals surface area contributed by atoms with Gasteiger partial charge in [-0.05, 0) is 60.4 Å². The van der Waals surface area contributed by atoms with E-state index in [2.05, 4.69) is 4.72 Å². The number of benzene rings is 2. The van der Waals surface area contributed by atoms with Gasteiger partial charge in [0.1, 0.15) is 0 Å². The second-order valence-corrected chi connectivity index (χ2v) is 11.8. The molecule has 0 aromatic heterocycles. The molecule has 0 fully saturated rings. The smallest absolute Gasteiger partial charge is 0.261 e. The van der Waals surface area contributed by atoms with E-state index in [1.165, 1.54) is 52.8 Å². The van der Waals surface area contributed by atoms with E-state index >= 15 is 0 Å². The van der Waals surface area contributed by atoms with E-state index in [0.717, 1.165) is 0 Å². The van der Waals surface area contributed by atoms with Gasteiger partial charge in [0, 0.05) is 23.8 Å². The van der Waals surface area contributed by atoms with E-state index in [9.17, 15) is 16.8 Å². The summed E-state index contributed by atoms with van der Waals surface area (Å²) in [6, 6.07) is 11.5. The summed E-state index contributed by atoms with van der Waals surface area (Å²) in [5.74, 6) is 0.378. The summed E-state index contributed by atoms with van der Waals surface area (Å²) in [6.45, 7) is 8.72. The quantitative estimate of drug-likeness (QED) is 0.601. The van der Waals surface area contributed by atoms with Crippen LogP contribution in [-0.4, -0.2) is 34.2 Å². The molecule has 160 valence electrons. The fourth-order valence-electron chi connectivity index (χ4n) is 2.76. The molecule has 0 bridgehead atoms. The predicted molar refractivity (Wildman–Crippen MR) is 117 cm³/mol. The lowest BCUT2D eigenvalue weighted by Crippen LogP contribution is -2.37. The molecule has 0 aliphatic rings. The summed E-state index contributed by atoms with van der Waals surface area (Å²) in [5.41, 5.74) is 0.276. The Hall–Kier alpha value is -1.61. The van der Waals surface area contributed by atoms with Crippen molar-refractivity contribution in [3.05, 3.63) is 53.6 Å². The van der Waals surface area contributed by atoms with Crippen LogP contribution in [0.25, 0.3) is 0 Å².